The molecule has 4 heterocycles. The van der Waals surface area contributed by atoms with Crippen molar-refractivity contribution in [3.63, 3.8) is 0 Å². The summed E-state index contributed by atoms with van der Waals surface area (Å²) in [5.41, 5.74) is 2.99. The van der Waals surface area contributed by atoms with E-state index in [1.54, 1.807) is 27.4 Å². The predicted molar refractivity (Wildman–Crippen MR) is 91.8 cm³/mol. The first-order valence-corrected chi connectivity index (χ1v) is 7.72. The van der Waals surface area contributed by atoms with Gasteiger partial charge in [-0.15, -0.1) is 10.2 Å². The smallest absolute Gasteiger partial charge is 0.259 e. The van der Waals surface area contributed by atoms with Crippen LogP contribution in [0.5, 0.6) is 0 Å². The fourth-order valence-electron chi connectivity index (χ4n) is 2.61. The predicted octanol–water partition coefficient (Wildman–Crippen LogP) is 2.18. The molecule has 0 aliphatic heterocycles. The van der Waals surface area contributed by atoms with Crippen LogP contribution < -0.4 is 5.32 Å². The molecule has 0 bridgehead atoms. The van der Waals surface area contributed by atoms with Gasteiger partial charge in [-0.05, 0) is 44.2 Å². The summed E-state index contributed by atoms with van der Waals surface area (Å²) >= 11 is 0. The van der Waals surface area contributed by atoms with E-state index in [1.807, 2.05) is 38.1 Å². The number of rotatable bonds is 3. The molecule has 0 saturated heterocycles. The number of carbonyl (C=O) groups excluding carboxylic acids is 1. The minimum absolute atomic E-state index is 0.300. The molecule has 8 nitrogen and oxygen atoms in total. The lowest BCUT2D eigenvalue weighted by Crippen LogP contribution is -2.15. The van der Waals surface area contributed by atoms with Crippen molar-refractivity contribution >= 4 is 17.5 Å². The first kappa shape index (κ1) is 15.0. The van der Waals surface area contributed by atoms with Gasteiger partial charge in [0.15, 0.2) is 11.5 Å². The molecule has 0 unspecified atom stereocenters. The highest BCUT2D eigenvalue weighted by molar-refractivity contribution is 6.03. The molecule has 0 aliphatic carbocycles. The zero-order valence-electron chi connectivity index (χ0n) is 13.7. The maximum atomic E-state index is 12.4. The van der Waals surface area contributed by atoms with E-state index in [4.69, 9.17) is 0 Å². The number of hydrogen-bond acceptors (Lipinski definition) is 5. The summed E-state index contributed by atoms with van der Waals surface area (Å²) in [7, 11) is 0. The number of amides is 1. The summed E-state index contributed by atoms with van der Waals surface area (Å²) in [6.07, 6.45) is 3.31. The highest BCUT2D eigenvalue weighted by atomic mass is 16.1. The van der Waals surface area contributed by atoms with Crippen molar-refractivity contribution in [3.8, 4) is 5.82 Å². The van der Waals surface area contributed by atoms with Gasteiger partial charge in [0.05, 0.1) is 11.3 Å². The van der Waals surface area contributed by atoms with Crippen molar-refractivity contribution in [1.29, 1.82) is 0 Å². The van der Waals surface area contributed by atoms with Gasteiger partial charge >= 0.3 is 0 Å². The molecule has 0 aliphatic rings. The third-order valence-electron chi connectivity index (χ3n) is 3.78. The van der Waals surface area contributed by atoms with Crippen molar-refractivity contribution in [2.75, 3.05) is 5.32 Å². The molecular weight excluding hydrogens is 318 g/mol. The molecule has 0 saturated carbocycles. The van der Waals surface area contributed by atoms with Gasteiger partial charge in [0, 0.05) is 18.1 Å². The van der Waals surface area contributed by atoms with Gasteiger partial charge in [-0.1, -0.05) is 6.07 Å². The Labute approximate surface area is 143 Å². The van der Waals surface area contributed by atoms with E-state index in [1.165, 1.54) is 6.20 Å². The lowest BCUT2D eigenvalue weighted by Gasteiger charge is -2.06. The van der Waals surface area contributed by atoms with Gasteiger partial charge in [0.25, 0.3) is 5.91 Å². The van der Waals surface area contributed by atoms with Crippen LogP contribution in [0.4, 0.5) is 5.95 Å². The molecule has 25 heavy (non-hydrogen) atoms. The van der Waals surface area contributed by atoms with Gasteiger partial charge < -0.3 is 0 Å². The minimum Gasteiger partial charge on any atom is -0.290 e. The molecule has 124 valence electrons. The molecule has 4 rings (SSSR count). The van der Waals surface area contributed by atoms with Crippen LogP contribution in [0.3, 0.4) is 0 Å². The van der Waals surface area contributed by atoms with E-state index in [9.17, 15) is 4.79 Å². The van der Waals surface area contributed by atoms with Crippen molar-refractivity contribution in [3.05, 3.63) is 65.7 Å². The first-order valence-electron chi connectivity index (χ1n) is 7.72. The van der Waals surface area contributed by atoms with Crippen molar-refractivity contribution in [2.24, 2.45) is 0 Å². The highest BCUT2D eigenvalue weighted by Gasteiger charge is 2.12. The Morgan fingerprint density at radius 3 is 2.72 bits per heavy atom. The zero-order valence-corrected chi connectivity index (χ0v) is 13.7. The van der Waals surface area contributed by atoms with Crippen LogP contribution in [0, 0.1) is 13.8 Å². The standard InChI is InChI=1S/C17H15N7O/c1-11-9-12(2)24(22-11)14-7-6-13(10-18-14)16(25)19-17-21-20-15-5-3-4-8-23(15)17/h3-10H,1-2H3,(H,19,21,25). The summed E-state index contributed by atoms with van der Waals surface area (Å²) < 4.78 is 3.44. The van der Waals surface area contributed by atoms with Crippen molar-refractivity contribution < 1.29 is 4.79 Å². The SMILES string of the molecule is Cc1cc(C)n(-c2ccc(C(=O)Nc3nnc4ccccn34)cn2)n1. The van der Waals surface area contributed by atoms with E-state index in [2.05, 4.69) is 25.6 Å². The normalized spacial score (nSPS) is 11.0. The largest absolute Gasteiger partial charge is 0.290 e. The molecule has 8 heteroatoms. The first-order chi connectivity index (χ1) is 12.1. The number of fused-ring (bicyclic) bond motifs is 1. The Kier molecular flexibility index (Phi) is 3.50. The monoisotopic (exact) mass is 333 g/mol. The van der Waals surface area contributed by atoms with E-state index in [-0.39, 0.29) is 5.91 Å². The maximum absolute atomic E-state index is 12.4. The summed E-state index contributed by atoms with van der Waals surface area (Å²) in [6.45, 7) is 3.88. The molecule has 0 atom stereocenters. The lowest BCUT2D eigenvalue weighted by molar-refractivity contribution is 0.102. The van der Waals surface area contributed by atoms with Gasteiger partial charge in [0.1, 0.15) is 0 Å². The van der Waals surface area contributed by atoms with E-state index >= 15 is 0 Å². The van der Waals surface area contributed by atoms with Gasteiger partial charge in [-0.2, -0.15) is 5.10 Å². The summed E-state index contributed by atoms with van der Waals surface area (Å²) in [6, 6.07) is 11.0. The minimum atomic E-state index is -0.300. The number of nitrogens with one attached hydrogen (secondary N) is 1. The number of aromatic nitrogens is 6. The Bertz CT molecular complexity index is 1060. The van der Waals surface area contributed by atoms with Crippen molar-refractivity contribution in [2.45, 2.75) is 13.8 Å². The molecule has 4 aromatic heterocycles. The summed E-state index contributed by atoms with van der Waals surface area (Å²) in [4.78, 5) is 16.8. The number of aryl methyl sites for hydroxylation is 2. The van der Waals surface area contributed by atoms with Gasteiger partial charge in [0.2, 0.25) is 5.95 Å². The Morgan fingerprint density at radius 2 is 2.00 bits per heavy atom. The number of carbonyl (C=O) groups is 1. The molecule has 0 radical (unpaired) electrons. The Hall–Kier alpha value is -3.55. The molecule has 0 aromatic carbocycles. The van der Waals surface area contributed by atoms with Crippen LogP contribution in [0.25, 0.3) is 11.5 Å². The average molecular weight is 333 g/mol. The number of pyridine rings is 2. The Balaban J connectivity index is 1.57. The van der Waals surface area contributed by atoms with Gasteiger partial charge in [-0.3, -0.25) is 14.5 Å². The molecule has 1 amide bonds. The molecule has 4 aromatic rings. The van der Waals surface area contributed by atoms with Crippen LogP contribution >= 0.6 is 0 Å². The summed E-state index contributed by atoms with van der Waals surface area (Å²) in [5.74, 6) is 0.726. The second-order valence-corrected chi connectivity index (χ2v) is 5.65. The lowest BCUT2D eigenvalue weighted by atomic mass is 10.2. The third-order valence-corrected chi connectivity index (χ3v) is 3.78. The summed E-state index contributed by atoms with van der Waals surface area (Å²) in [5, 5.41) is 15.1. The van der Waals surface area contributed by atoms with E-state index < -0.39 is 0 Å². The number of nitrogens with zero attached hydrogens (tertiary/aromatic N) is 6. The fraction of sp³-hybridized carbons (Fsp3) is 0.118. The fourth-order valence-corrected chi connectivity index (χ4v) is 2.61. The third kappa shape index (κ3) is 2.74. The van der Waals surface area contributed by atoms with Gasteiger partial charge in [-0.25, -0.2) is 9.67 Å². The van der Waals surface area contributed by atoms with E-state index in [0.29, 0.717) is 23.0 Å². The van der Waals surface area contributed by atoms with Crippen molar-refractivity contribution in [1.82, 2.24) is 29.4 Å². The quantitative estimate of drug-likeness (QED) is 0.620. The van der Waals surface area contributed by atoms with Crippen LogP contribution in [0.2, 0.25) is 0 Å². The van der Waals surface area contributed by atoms with E-state index in [0.717, 1.165) is 11.4 Å². The highest BCUT2D eigenvalue weighted by Crippen LogP contribution is 2.12. The number of hydrogen-bond donors (Lipinski definition) is 1. The zero-order chi connectivity index (χ0) is 17.4. The molecular formula is C17H15N7O. The molecule has 1 N–H and O–H groups in total. The average Bonchev–Trinajstić information content (AvgIpc) is 3.18. The second kappa shape index (κ2) is 5.82. The topological polar surface area (TPSA) is 90.0 Å². The Morgan fingerprint density at radius 1 is 1.12 bits per heavy atom. The molecule has 0 fully saturated rings. The molecule has 0 spiro atoms. The number of anilines is 1. The van der Waals surface area contributed by atoms with Crippen LogP contribution in [0.15, 0.2) is 48.8 Å². The second-order valence-electron chi connectivity index (χ2n) is 5.65. The maximum Gasteiger partial charge on any atom is 0.259 e. The van der Waals surface area contributed by atoms with Crippen LogP contribution in [-0.4, -0.2) is 35.3 Å². The van der Waals surface area contributed by atoms with Crippen LogP contribution in [0.1, 0.15) is 21.7 Å². The van der Waals surface area contributed by atoms with Crippen LogP contribution in [-0.2, 0) is 0 Å².